The molecule has 94 valence electrons. The van der Waals surface area contributed by atoms with Crippen LogP contribution in [0.15, 0.2) is 4.52 Å². The quantitative estimate of drug-likeness (QED) is 0.858. The van der Waals surface area contributed by atoms with Crippen molar-refractivity contribution in [1.82, 2.24) is 15.4 Å². The van der Waals surface area contributed by atoms with Crippen LogP contribution in [0.3, 0.4) is 0 Å². The number of fused-ring (bicyclic) bond motifs is 1. The van der Waals surface area contributed by atoms with Crippen LogP contribution in [0.4, 0.5) is 0 Å². The molecule has 0 unspecified atom stereocenters. The maximum Gasteiger partial charge on any atom is 0.276 e. The molecule has 0 aromatic carbocycles. The molecule has 17 heavy (non-hydrogen) atoms. The number of hydrogen-bond acceptors (Lipinski definition) is 4. The van der Waals surface area contributed by atoms with E-state index in [1.54, 1.807) is 4.90 Å². The zero-order valence-electron chi connectivity index (χ0n) is 9.73. The van der Waals surface area contributed by atoms with Crippen molar-refractivity contribution in [3.8, 4) is 0 Å². The van der Waals surface area contributed by atoms with Gasteiger partial charge in [-0.05, 0) is 12.8 Å². The summed E-state index contributed by atoms with van der Waals surface area (Å²) in [6.07, 6.45) is 3.05. The molecule has 1 amide bonds. The second kappa shape index (κ2) is 4.66. The van der Waals surface area contributed by atoms with E-state index in [-0.39, 0.29) is 18.3 Å². The molecule has 1 aliphatic heterocycles. The smallest absolute Gasteiger partial charge is 0.276 e. The fraction of sp³-hybridized carbons (Fsp3) is 0.636. The van der Waals surface area contributed by atoms with E-state index in [1.807, 2.05) is 7.05 Å². The fourth-order valence-electron chi connectivity index (χ4n) is 2.10. The summed E-state index contributed by atoms with van der Waals surface area (Å²) >= 11 is 0. The van der Waals surface area contributed by atoms with Crippen molar-refractivity contribution < 1.29 is 9.32 Å². The Morgan fingerprint density at radius 1 is 1.53 bits per heavy atom. The van der Waals surface area contributed by atoms with Crippen molar-refractivity contribution in [2.45, 2.75) is 31.8 Å². The average Bonchev–Trinajstić information content (AvgIpc) is 3.07. The summed E-state index contributed by atoms with van der Waals surface area (Å²) in [5.74, 6) is 0.863. The maximum absolute atomic E-state index is 12.1. The Bertz CT molecular complexity index is 428. The summed E-state index contributed by atoms with van der Waals surface area (Å²) < 4.78 is 5.22. The van der Waals surface area contributed by atoms with Crippen LogP contribution in [0, 0.1) is 0 Å². The molecule has 1 aromatic heterocycles. The third-order valence-electron chi connectivity index (χ3n) is 3.32. The van der Waals surface area contributed by atoms with Crippen molar-refractivity contribution in [2.24, 2.45) is 0 Å². The minimum Gasteiger partial charge on any atom is -0.360 e. The largest absolute Gasteiger partial charge is 0.360 e. The van der Waals surface area contributed by atoms with E-state index in [9.17, 15) is 4.79 Å². The van der Waals surface area contributed by atoms with Gasteiger partial charge in [0.15, 0.2) is 5.69 Å². The summed E-state index contributed by atoms with van der Waals surface area (Å²) in [4.78, 5) is 13.9. The van der Waals surface area contributed by atoms with Gasteiger partial charge in [0.1, 0.15) is 5.76 Å². The molecule has 1 aromatic rings. The summed E-state index contributed by atoms with van der Waals surface area (Å²) in [5.41, 5.74) is 1.44. The monoisotopic (exact) mass is 257 g/mol. The van der Waals surface area contributed by atoms with E-state index in [0.29, 0.717) is 18.3 Å². The van der Waals surface area contributed by atoms with Gasteiger partial charge in [-0.1, -0.05) is 5.16 Å². The number of carbonyl (C=O) groups excluding carboxylic acids is 1. The first-order chi connectivity index (χ1) is 7.77. The van der Waals surface area contributed by atoms with E-state index in [4.69, 9.17) is 4.52 Å². The predicted octanol–water partition coefficient (Wildman–Crippen LogP) is 0.976. The number of halogens is 1. The molecule has 3 rings (SSSR count). The lowest BCUT2D eigenvalue weighted by atomic mass is 10.1. The van der Waals surface area contributed by atoms with E-state index in [0.717, 1.165) is 37.1 Å². The molecular formula is C11H16ClN3O2. The van der Waals surface area contributed by atoms with Gasteiger partial charge in [0, 0.05) is 38.2 Å². The van der Waals surface area contributed by atoms with Gasteiger partial charge in [0.05, 0.1) is 0 Å². The van der Waals surface area contributed by atoms with Gasteiger partial charge in [-0.3, -0.25) is 4.79 Å². The lowest BCUT2D eigenvalue weighted by Gasteiger charge is -2.16. The minimum absolute atomic E-state index is 0. The fourth-order valence-corrected chi connectivity index (χ4v) is 2.10. The number of hydrogen-bond donors (Lipinski definition) is 1. The first kappa shape index (κ1) is 12.4. The topological polar surface area (TPSA) is 58.4 Å². The molecule has 0 radical (unpaired) electrons. The van der Waals surface area contributed by atoms with Gasteiger partial charge in [-0.2, -0.15) is 0 Å². The molecule has 1 saturated carbocycles. The molecule has 0 bridgehead atoms. The zero-order chi connectivity index (χ0) is 11.1. The Hall–Kier alpha value is -1.07. The Morgan fingerprint density at radius 3 is 3.00 bits per heavy atom. The molecule has 5 nitrogen and oxygen atoms in total. The van der Waals surface area contributed by atoms with Crippen molar-refractivity contribution in [3.05, 3.63) is 17.0 Å². The Labute approximate surface area is 106 Å². The molecule has 0 atom stereocenters. The van der Waals surface area contributed by atoms with Gasteiger partial charge >= 0.3 is 0 Å². The second-order valence-electron chi connectivity index (χ2n) is 4.51. The molecule has 2 heterocycles. The predicted molar refractivity (Wildman–Crippen MR) is 64.3 cm³/mol. The highest BCUT2D eigenvalue weighted by Gasteiger charge is 2.33. The second-order valence-corrected chi connectivity index (χ2v) is 4.51. The number of nitrogens with one attached hydrogen (secondary N) is 1. The number of rotatable bonds is 2. The van der Waals surface area contributed by atoms with Crippen molar-refractivity contribution in [1.29, 1.82) is 0 Å². The van der Waals surface area contributed by atoms with Crippen molar-refractivity contribution in [2.75, 3.05) is 13.6 Å². The van der Waals surface area contributed by atoms with Gasteiger partial charge in [-0.25, -0.2) is 0 Å². The normalized spacial score (nSPS) is 18.2. The highest BCUT2D eigenvalue weighted by Crippen LogP contribution is 2.28. The van der Waals surface area contributed by atoms with Crippen LogP contribution in [-0.2, 0) is 13.0 Å². The van der Waals surface area contributed by atoms with Crippen LogP contribution >= 0.6 is 12.4 Å². The minimum atomic E-state index is -0.00352. The average molecular weight is 258 g/mol. The lowest BCUT2D eigenvalue weighted by Crippen LogP contribution is -2.31. The van der Waals surface area contributed by atoms with Gasteiger partial charge in [-0.15, -0.1) is 12.4 Å². The van der Waals surface area contributed by atoms with Crippen LogP contribution in [0.25, 0.3) is 0 Å². The van der Waals surface area contributed by atoms with Crippen LogP contribution < -0.4 is 5.32 Å². The molecule has 6 heteroatoms. The number of amides is 1. The highest BCUT2D eigenvalue weighted by atomic mass is 35.5. The molecule has 0 saturated heterocycles. The summed E-state index contributed by atoms with van der Waals surface area (Å²) in [7, 11) is 1.84. The first-order valence-corrected chi connectivity index (χ1v) is 5.72. The molecule has 1 aliphatic carbocycles. The summed E-state index contributed by atoms with van der Waals surface area (Å²) in [6.45, 7) is 1.59. The highest BCUT2D eigenvalue weighted by molar-refractivity contribution is 5.94. The van der Waals surface area contributed by atoms with E-state index in [2.05, 4.69) is 10.5 Å². The Balaban J connectivity index is 0.00000108. The van der Waals surface area contributed by atoms with Crippen LogP contribution in [0.5, 0.6) is 0 Å². The van der Waals surface area contributed by atoms with Crippen LogP contribution in [0.1, 0.15) is 34.7 Å². The number of nitrogens with zero attached hydrogens (tertiary/aromatic N) is 2. The third-order valence-corrected chi connectivity index (χ3v) is 3.32. The standard InChI is InChI=1S/C11H15N3O2.ClH/c1-14(7-2-3-7)11(15)10-8-6-12-5-4-9(8)16-13-10;/h7,12H,2-6H2,1H3;1H. The van der Waals surface area contributed by atoms with E-state index < -0.39 is 0 Å². The zero-order valence-corrected chi connectivity index (χ0v) is 10.5. The SMILES string of the molecule is CN(C(=O)c1noc2c1CNCC2)C1CC1.Cl. The molecular weight excluding hydrogens is 242 g/mol. The third kappa shape index (κ3) is 2.17. The van der Waals surface area contributed by atoms with Crippen molar-refractivity contribution >= 4 is 18.3 Å². The Kier molecular flexibility index (Phi) is 3.40. The molecule has 1 N–H and O–H groups in total. The lowest BCUT2D eigenvalue weighted by molar-refractivity contribution is 0.0773. The van der Waals surface area contributed by atoms with Crippen LogP contribution in [-0.4, -0.2) is 35.6 Å². The van der Waals surface area contributed by atoms with Gasteiger partial charge in [0.2, 0.25) is 0 Å². The van der Waals surface area contributed by atoms with Gasteiger partial charge in [0.25, 0.3) is 5.91 Å². The Morgan fingerprint density at radius 2 is 2.29 bits per heavy atom. The maximum atomic E-state index is 12.1. The van der Waals surface area contributed by atoms with Crippen LogP contribution in [0.2, 0.25) is 0 Å². The number of aromatic nitrogens is 1. The molecule has 2 aliphatic rings. The van der Waals surface area contributed by atoms with Crippen molar-refractivity contribution in [3.63, 3.8) is 0 Å². The summed E-state index contributed by atoms with van der Waals surface area (Å²) in [5, 5.41) is 7.16. The van der Waals surface area contributed by atoms with Gasteiger partial charge < -0.3 is 14.7 Å². The first-order valence-electron chi connectivity index (χ1n) is 5.72. The van der Waals surface area contributed by atoms with E-state index in [1.165, 1.54) is 0 Å². The molecule has 1 fully saturated rings. The number of carbonyl (C=O) groups is 1. The van der Waals surface area contributed by atoms with E-state index >= 15 is 0 Å². The summed E-state index contributed by atoms with van der Waals surface area (Å²) in [6, 6.07) is 0.413. The molecule has 0 spiro atoms.